The smallest absolute Gasteiger partial charge is 0.328 e. The van der Waals surface area contributed by atoms with Crippen molar-refractivity contribution in [3.05, 3.63) is 0 Å². The normalized spacial score (nSPS) is 32.4. The van der Waals surface area contributed by atoms with Crippen molar-refractivity contribution in [2.75, 3.05) is 27.2 Å². The molecule has 2 aliphatic rings. The fourth-order valence-electron chi connectivity index (χ4n) is 3.27. The molecule has 0 N–H and O–H groups in total. The predicted molar refractivity (Wildman–Crippen MR) is 71.6 cm³/mol. The van der Waals surface area contributed by atoms with Crippen LogP contribution in [0.2, 0.25) is 0 Å². The molecule has 0 spiro atoms. The minimum Gasteiger partial charge on any atom is -0.467 e. The van der Waals surface area contributed by atoms with E-state index < -0.39 is 0 Å². The van der Waals surface area contributed by atoms with Crippen LogP contribution >= 0.6 is 0 Å². The molecule has 3 atom stereocenters. The van der Waals surface area contributed by atoms with E-state index in [1.807, 2.05) is 0 Å². The van der Waals surface area contributed by atoms with Gasteiger partial charge in [-0.25, -0.2) is 4.79 Å². The van der Waals surface area contributed by atoms with Gasteiger partial charge in [-0.05, 0) is 46.2 Å². The number of esters is 1. The number of amides is 1. The number of carbonyl (C=O) groups excluding carboxylic acids is 2. The summed E-state index contributed by atoms with van der Waals surface area (Å²) in [6.45, 7) is 3.84. The van der Waals surface area contributed by atoms with E-state index in [-0.39, 0.29) is 29.9 Å². The van der Waals surface area contributed by atoms with E-state index >= 15 is 0 Å². The van der Waals surface area contributed by atoms with Crippen molar-refractivity contribution in [2.45, 2.75) is 44.7 Å². The summed E-state index contributed by atoms with van der Waals surface area (Å²) >= 11 is 0. The average Bonchev–Trinajstić information content (AvgIpc) is 2.89. The van der Waals surface area contributed by atoms with Crippen LogP contribution in [0.3, 0.4) is 0 Å². The SMILES string of the molecule is COC(=O)[C@@H]1CCCN1C(=O)[C@@H]1CCCN(C)[C@@H]1C. The van der Waals surface area contributed by atoms with Gasteiger partial charge in [0.05, 0.1) is 13.0 Å². The van der Waals surface area contributed by atoms with E-state index in [0.717, 1.165) is 32.2 Å². The van der Waals surface area contributed by atoms with Gasteiger partial charge in [0.2, 0.25) is 5.91 Å². The molecule has 2 heterocycles. The lowest BCUT2D eigenvalue weighted by molar-refractivity contribution is -0.153. The standard InChI is InChI=1S/C14H24N2O3/c1-10-11(6-4-8-15(10)2)13(17)16-9-5-7-12(16)14(18)19-3/h10-12H,4-9H2,1-3H3/t10-,11-,12+/m1/s1. The monoisotopic (exact) mass is 268 g/mol. The summed E-state index contributed by atoms with van der Waals surface area (Å²) in [6.07, 6.45) is 3.60. The number of hydrogen-bond donors (Lipinski definition) is 0. The molecule has 0 radical (unpaired) electrons. The van der Waals surface area contributed by atoms with Gasteiger partial charge >= 0.3 is 5.97 Å². The molecule has 0 aromatic carbocycles. The quantitative estimate of drug-likeness (QED) is 0.698. The molecule has 0 bridgehead atoms. The second-order valence-corrected chi connectivity index (χ2v) is 5.68. The summed E-state index contributed by atoms with van der Waals surface area (Å²) in [5.74, 6) is -0.126. The zero-order valence-corrected chi connectivity index (χ0v) is 12.1. The molecule has 1 amide bonds. The van der Waals surface area contributed by atoms with Gasteiger partial charge in [-0.1, -0.05) is 0 Å². The first-order chi connectivity index (χ1) is 9.06. The van der Waals surface area contributed by atoms with Crippen LogP contribution in [-0.4, -0.2) is 61.0 Å². The average molecular weight is 268 g/mol. The van der Waals surface area contributed by atoms with Gasteiger partial charge in [0.15, 0.2) is 0 Å². The lowest BCUT2D eigenvalue weighted by Crippen LogP contribution is -2.51. The highest BCUT2D eigenvalue weighted by atomic mass is 16.5. The molecule has 0 aromatic rings. The van der Waals surface area contributed by atoms with Crippen molar-refractivity contribution in [2.24, 2.45) is 5.92 Å². The number of ether oxygens (including phenoxy) is 1. The van der Waals surface area contributed by atoms with Crippen molar-refractivity contribution >= 4 is 11.9 Å². The van der Waals surface area contributed by atoms with E-state index in [1.54, 1.807) is 4.90 Å². The van der Waals surface area contributed by atoms with Gasteiger partial charge in [-0.3, -0.25) is 4.79 Å². The van der Waals surface area contributed by atoms with Crippen molar-refractivity contribution in [1.29, 1.82) is 0 Å². The Kier molecular flexibility index (Phi) is 4.45. The van der Waals surface area contributed by atoms with Gasteiger partial charge in [0.1, 0.15) is 6.04 Å². The first-order valence-electron chi connectivity index (χ1n) is 7.14. The van der Waals surface area contributed by atoms with Crippen LogP contribution in [0, 0.1) is 5.92 Å². The fraction of sp³-hybridized carbons (Fsp3) is 0.857. The van der Waals surface area contributed by atoms with Crippen molar-refractivity contribution in [1.82, 2.24) is 9.80 Å². The third-order valence-electron chi connectivity index (χ3n) is 4.63. The zero-order chi connectivity index (χ0) is 14.0. The number of piperidine rings is 1. The Hall–Kier alpha value is -1.10. The molecular weight excluding hydrogens is 244 g/mol. The van der Waals surface area contributed by atoms with Gasteiger partial charge in [-0.15, -0.1) is 0 Å². The second kappa shape index (κ2) is 5.90. The van der Waals surface area contributed by atoms with E-state index in [1.165, 1.54) is 7.11 Å². The van der Waals surface area contributed by atoms with Crippen molar-refractivity contribution in [3.63, 3.8) is 0 Å². The van der Waals surface area contributed by atoms with E-state index in [4.69, 9.17) is 4.74 Å². The zero-order valence-electron chi connectivity index (χ0n) is 12.1. The highest BCUT2D eigenvalue weighted by molar-refractivity contribution is 5.86. The van der Waals surface area contributed by atoms with Crippen LogP contribution in [-0.2, 0) is 14.3 Å². The Balaban J connectivity index is 2.08. The van der Waals surface area contributed by atoms with Crippen LogP contribution in [0.4, 0.5) is 0 Å². The lowest BCUT2D eigenvalue weighted by Gasteiger charge is -2.38. The molecule has 2 saturated heterocycles. The molecule has 0 aliphatic carbocycles. The Morgan fingerprint density at radius 3 is 2.53 bits per heavy atom. The van der Waals surface area contributed by atoms with E-state index in [2.05, 4.69) is 18.9 Å². The highest BCUT2D eigenvalue weighted by Crippen LogP contribution is 2.28. The summed E-state index contributed by atoms with van der Waals surface area (Å²) in [5, 5.41) is 0. The summed E-state index contributed by atoms with van der Waals surface area (Å²) in [6, 6.07) is -0.114. The first-order valence-corrected chi connectivity index (χ1v) is 7.14. The predicted octanol–water partition coefficient (Wildman–Crippen LogP) is 0.881. The lowest BCUT2D eigenvalue weighted by atomic mass is 9.89. The van der Waals surface area contributed by atoms with Gasteiger partial charge in [0, 0.05) is 12.6 Å². The van der Waals surface area contributed by atoms with Crippen molar-refractivity contribution in [3.8, 4) is 0 Å². The van der Waals surface area contributed by atoms with Crippen LogP contribution in [0.5, 0.6) is 0 Å². The maximum absolute atomic E-state index is 12.7. The van der Waals surface area contributed by atoms with Gasteiger partial charge < -0.3 is 14.5 Å². The summed E-state index contributed by atoms with van der Waals surface area (Å²) in [5.41, 5.74) is 0. The number of likely N-dealkylation sites (tertiary alicyclic amines) is 2. The van der Waals surface area contributed by atoms with Gasteiger partial charge in [0.25, 0.3) is 0 Å². The summed E-state index contributed by atoms with van der Waals surface area (Å²) < 4.78 is 4.81. The molecule has 108 valence electrons. The minimum atomic E-state index is -0.364. The maximum atomic E-state index is 12.7. The van der Waals surface area contributed by atoms with Gasteiger partial charge in [-0.2, -0.15) is 0 Å². The number of nitrogens with zero attached hydrogens (tertiary/aromatic N) is 2. The van der Waals surface area contributed by atoms with Crippen LogP contribution in [0.1, 0.15) is 32.6 Å². The van der Waals surface area contributed by atoms with Crippen LogP contribution < -0.4 is 0 Å². The number of rotatable bonds is 2. The molecule has 0 aromatic heterocycles. The van der Waals surface area contributed by atoms with Crippen LogP contribution in [0.15, 0.2) is 0 Å². The minimum absolute atomic E-state index is 0.0176. The molecule has 5 nitrogen and oxygen atoms in total. The Labute approximate surface area is 114 Å². The summed E-state index contributed by atoms with van der Waals surface area (Å²) in [7, 11) is 3.45. The number of methoxy groups -OCH3 is 1. The Morgan fingerprint density at radius 1 is 1.16 bits per heavy atom. The van der Waals surface area contributed by atoms with E-state index in [0.29, 0.717) is 6.54 Å². The molecule has 2 rings (SSSR count). The second-order valence-electron chi connectivity index (χ2n) is 5.68. The maximum Gasteiger partial charge on any atom is 0.328 e. The highest BCUT2D eigenvalue weighted by Gasteiger charge is 2.40. The summed E-state index contributed by atoms with van der Waals surface area (Å²) in [4.78, 5) is 28.4. The number of hydrogen-bond acceptors (Lipinski definition) is 4. The third kappa shape index (κ3) is 2.76. The topological polar surface area (TPSA) is 49.9 Å². The molecule has 2 aliphatic heterocycles. The van der Waals surface area contributed by atoms with Crippen molar-refractivity contribution < 1.29 is 14.3 Å². The molecule has 5 heteroatoms. The Bertz CT molecular complexity index is 359. The largest absolute Gasteiger partial charge is 0.467 e. The first kappa shape index (κ1) is 14.3. The molecule has 0 unspecified atom stereocenters. The molecular formula is C14H24N2O3. The fourth-order valence-corrected chi connectivity index (χ4v) is 3.27. The molecule has 2 fully saturated rings. The number of carbonyl (C=O) groups is 2. The molecule has 19 heavy (non-hydrogen) atoms. The third-order valence-corrected chi connectivity index (χ3v) is 4.63. The van der Waals surface area contributed by atoms with Crippen LogP contribution in [0.25, 0.3) is 0 Å². The van der Waals surface area contributed by atoms with E-state index in [9.17, 15) is 9.59 Å². The molecule has 0 saturated carbocycles. The Morgan fingerprint density at radius 2 is 1.84 bits per heavy atom.